The molecule has 3 aromatic carbocycles. The van der Waals surface area contributed by atoms with Crippen molar-refractivity contribution < 1.29 is 10.2 Å². The highest BCUT2D eigenvalue weighted by atomic mass is 32.2. The summed E-state index contributed by atoms with van der Waals surface area (Å²) in [6, 6.07) is 19.2. The van der Waals surface area contributed by atoms with E-state index in [9.17, 15) is 10.2 Å². The maximum atomic E-state index is 10.0. The molecule has 2 nitrogen and oxygen atoms in total. The van der Waals surface area contributed by atoms with Gasteiger partial charge in [0.05, 0.1) is 0 Å². The minimum absolute atomic E-state index is 0.0677. The van der Waals surface area contributed by atoms with E-state index in [2.05, 4.69) is 30.3 Å². The second-order valence-electron chi connectivity index (χ2n) is 5.01. The second kappa shape index (κ2) is 5.30. The zero-order chi connectivity index (χ0) is 15.1. The first-order valence-electron chi connectivity index (χ1n) is 6.82. The zero-order valence-electron chi connectivity index (χ0n) is 11.5. The van der Waals surface area contributed by atoms with Crippen LogP contribution in [0, 0.1) is 0 Å². The molecule has 0 spiro atoms. The Bertz CT molecular complexity index is 875. The molecule has 0 saturated carbocycles. The van der Waals surface area contributed by atoms with Crippen LogP contribution < -0.4 is 0 Å². The summed E-state index contributed by atoms with van der Waals surface area (Å²) < 4.78 is 0. The van der Waals surface area contributed by atoms with Crippen molar-refractivity contribution in [1.29, 1.82) is 0 Å². The Kier molecular flexibility index (Phi) is 3.28. The van der Waals surface area contributed by atoms with Crippen LogP contribution in [0.5, 0.6) is 11.5 Å². The highest BCUT2D eigenvalue weighted by Gasteiger charge is 2.17. The van der Waals surface area contributed by atoms with Crippen molar-refractivity contribution in [2.75, 3.05) is 0 Å². The summed E-state index contributed by atoms with van der Waals surface area (Å²) in [5.74, 6) is 0.159. The Labute approximate surface area is 136 Å². The van der Waals surface area contributed by atoms with E-state index >= 15 is 0 Å². The molecule has 0 fully saturated rings. The molecule has 0 saturated heterocycles. The Balaban J connectivity index is 1.77. The van der Waals surface area contributed by atoms with Crippen LogP contribution in [0.1, 0.15) is 0 Å². The van der Waals surface area contributed by atoms with Crippen LogP contribution in [0.4, 0.5) is 0 Å². The van der Waals surface area contributed by atoms with Gasteiger partial charge in [-0.2, -0.15) is 0 Å². The van der Waals surface area contributed by atoms with Crippen molar-refractivity contribution in [3.8, 4) is 22.6 Å². The third-order valence-electron chi connectivity index (χ3n) is 3.53. The summed E-state index contributed by atoms with van der Waals surface area (Å²) in [4.78, 5) is 4.95. The molecule has 108 valence electrons. The monoisotopic (exact) mass is 324 g/mol. The van der Waals surface area contributed by atoms with Gasteiger partial charge in [0, 0.05) is 31.2 Å². The van der Waals surface area contributed by atoms with Gasteiger partial charge in [-0.05, 0) is 42.0 Å². The molecule has 0 atom stereocenters. The molecule has 0 unspecified atom stereocenters. The Morgan fingerprint density at radius 1 is 0.636 bits per heavy atom. The van der Waals surface area contributed by atoms with Crippen molar-refractivity contribution in [2.45, 2.75) is 19.6 Å². The van der Waals surface area contributed by atoms with Gasteiger partial charge in [-0.15, -0.1) is 0 Å². The number of rotatable bonds is 1. The van der Waals surface area contributed by atoms with Crippen molar-refractivity contribution in [2.24, 2.45) is 0 Å². The molecule has 2 N–H and O–H groups in total. The molecule has 22 heavy (non-hydrogen) atoms. The number of hydrogen-bond donors (Lipinski definition) is 2. The molecule has 0 aliphatic carbocycles. The quantitative estimate of drug-likeness (QED) is 0.493. The Morgan fingerprint density at radius 3 is 2.05 bits per heavy atom. The standard InChI is InChI=1S/C18H12O2S2/c19-12-6-7-13(14(20)10-12)11-5-8-17-18(9-11)22-16-4-2-1-3-15(16)21-17/h1-10,19-20H. The minimum Gasteiger partial charge on any atom is -0.508 e. The SMILES string of the molecule is Oc1ccc(-c2ccc3c(c2)Sc2ccccc2S3)c(O)c1. The van der Waals surface area contributed by atoms with Gasteiger partial charge in [-0.25, -0.2) is 0 Å². The number of phenols is 2. The average Bonchev–Trinajstić information content (AvgIpc) is 2.52. The molecule has 0 amide bonds. The lowest BCUT2D eigenvalue weighted by molar-refractivity contribution is 0.452. The fourth-order valence-electron chi connectivity index (χ4n) is 2.46. The van der Waals surface area contributed by atoms with Gasteiger partial charge < -0.3 is 10.2 Å². The summed E-state index contributed by atoms with van der Waals surface area (Å²) >= 11 is 3.52. The normalized spacial score (nSPS) is 12.5. The average molecular weight is 324 g/mol. The molecule has 0 bridgehead atoms. The highest BCUT2D eigenvalue weighted by molar-refractivity contribution is 8.05. The fourth-order valence-corrected chi connectivity index (χ4v) is 4.71. The van der Waals surface area contributed by atoms with Gasteiger partial charge >= 0.3 is 0 Å². The van der Waals surface area contributed by atoms with Crippen LogP contribution >= 0.6 is 23.5 Å². The predicted molar refractivity (Wildman–Crippen MR) is 89.9 cm³/mol. The van der Waals surface area contributed by atoms with Crippen molar-refractivity contribution in [1.82, 2.24) is 0 Å². The smallest absolute Gasteiger partial charge is 0.127 e. The number of aromatic hydroxyl groups is 2. The molecular formula is C18H12O2S2. The zero-order valence-corrected chi connectivity index (χ0v) is 13.1. The fraction of sp³-hybridized carbons (Fsp3) is 0. The second-order valence-corrected chi connectivity index (χ2v) is 7.18. The van der Waals surface area contributed by atoms with Crippen LogP contribution in [-0.2, 0) is 0 Å². The van der Waals surface area contributed by atoms with Crippen LogP contribution in [0.25, 0.3) is 11.1 Å². The maximum Gasteiger partial charge on any atom is 0.127 e. The van der Waals surface area contributed by atoms with Gasteiger partial charge in [-0.1, -0.05) is 41.7 Å². The van der Waals surface area contributed by atoms with Crippen molar-refractivity contribution in [3.63, 3.8) is 0 Å². The summed E-state index contributed by atoms with van der Waals surface area (Å²) in [7, 11) is 0. The topological polar surface area (TPSA) is 40.5 Å². The van der Waals surface area contributed by atoms with E-state index in [1.165, 1.54) is 25.6 Å². The molecule has 1 aliphatic rings. The van der Waals surface area contributed by atoms with E-state index in [-0.39, 0.29) is 11.5 Å². The van der Waals surface area contributed by atoms with Crippen LogP contribution in [0.15, 0.2) is 80.2 Å². The summed E-state index contributed by atoms with van der Waals surface area (Å²) in [6.45, 7) is 0. The summed E-state index contributed by atoms with van der Waals surface area (Å²) in [5.41, 5.74) is 1.67. The van der Waals surface area contributed by atoms with Gasteiger partial charge in [-0.3, -0.25) is 0 Å². The minimum atomic E-state index is 0.0677. The van der Waals surface area contributed by atoms with E-state index in [1.54, 1.807) is 35.7 Å². The Morgan fingerprint density at radius 2 is 1.32 bits per heavy atom. The largest absolute Gasteiger partial charge is 0.508 e. The molecule has 4 heteroatoms. The third kappa shape index (κ3) is 2.34. The van der Waals surface area contributed by atoms with Gasteiger partial charge in [0.15, 0.2) is 0 Å². The molecule has 0 aromatic heterocycles. The predicted octanol–water partition coefficient (Wildman–Crippen LogP) is 5.38. The first-order valence-corrected chi connectivity index (χ1v) is 8.45. The number of benzene rings is 3. The van der Waals surface area contributed by atoms with Crippen LogP contribution in [0.2, 0.25) is 0 Å². The van der Waals surface area contributed by atoms with Crippen LogP contribution in [-0.4, -0.2) is 10.2 Å². The van der Waals surface area contributed by atoms with E-state index in [1.807, 2.05) is 12.1 Å². The lowest BCUT2D eigenvalue weighted by Gasteiger charge is -2.19. The number of fused-ring (bicyclic) bond motifs is 2. The van der Waals surface area contributed by atoms with Gasteiger partial charge in [0.2, 0.25) is 0 Å². The maximum absolute atomic E-state index is 10.0. The number of hydrogen-bond acceptors (Lipinski definition) is 4. The van der Waals surface area contributed by atoms with Crippen molar-refractivity contribution >= 4 is 23.5 Å². The Hall–Kier alpha value is -2.04. The van der Waals surface area contributed by atoms with E-state index in [0.717, 1.165) is 11.1 Å². The lowest BCUT2D eigenvalue weighted by atomic mass is 10.0. The van der Waals surface area contributed by atoms with E-state index in [0.29, 0.717) is 0 Å². The van der Waals surface area contributed by atoms with Crippen LogP contribution in [0.3, 0.4) is 0 Å². The first kappa shape index (κ1) is 13.6. The molecule has 3 aromatic rings. The lowest BCUT2D eigenvalue weighted by Crippen LogP contribution is -1.90. The first-order chi connectivity index (χ1) is 10.7. The third-order valence-corrected chi connectivity index (χ3v) is 6.07. The molecule has 1 aliphatic heterocycles. The molecule has 1 heterocycles. The molecule has 4 rings (SSSR count). The number of phenolic OH excluding ortho intramolecular Hbond substituents is 2. The van der Waals surface area contributed by atoms with Gasteiger partial charge in [0.25, 0.3) is 0 Å². The van der Waals surface area contributed by atoms with E-state index < -0.39 is 0 Å². The molecule has 0 radical (unpaired) electrons. The summed E-state index contributed by atoms with van der Waals surface area (Å²) in [6.07, 6.45) is 0. The highest BCUT2D eigenvalue weighted by Crippen LogP contribution is 2.49. The summed E-state index contributed by atoms with van der Waals surface area (Å²) in [5, 5.41) is 19.5. The van der Waals surface area contributed by atoms with Gasteiger partial charge in [0.1, 0.15) is 11.5 Å². The molecular weight excluding hydrogens is 312 g/mol. The van der Waals surface area contributed by atoms with E-state index in [4.69, 9.17) is 0 Å². The van der Waals surface area contributed by atoms with Crippen molar-refractivity contribution in [3.05, 3.63) is 60.7 Å².